The molecule has 2 aromatic rings. The van der Waals surface area contributed by atoms with Crippen molar-refractivity contribution in [3.05, 3.63) is 53.8 Å². The van der Waals surface area contributed by atoms with E-state index in [1.807, 2.05) is 0 Å². The Labute approximate surface area is 164 Å². The number of benzene rings is 2. The maximum Gasteiger partial charge on any atom is 0.421 e. The summed E-state index contributed by atoms with van der Waals surface area (Å²) < 4.78 is 84.9. The van der Waals surface area contributed by atoms with Gasteiger partial charge < -0.3 is 15.0 Å². The normalized spacial score (nSPS) is 15.2. The average Bonchev–Trinajstić information content (AvgIpc) is 2.68. The predicted molar refractivity (Wildman–Crippen MR) is 93.8 cm³/mol. The Morgan fingerprint density at radius 1 is 1.03 bits per heavy atom. The van der Waals surface area contributed by atoms with E-state index in [2.05, 4.69) is 5.32 Å². The first-order valence-corrected chi connectivity index (χ1v) is 9.97. The van der Waals surface area contributed by atoms with E-state index in [4.69, 9.17) is 4.74 Å². The van der Waals surface area contributed by atoms with E-state index in [1.54, 1.807) is 0 Å². The van der Waals surface area contributed by atoms with Gasteiger partial charge in [0.1, 0.15) is 17.1 Å². The molecule has 1 heterocycles. The van der Waals surface area contributed by atoms with Gasteiger partial charge in [0.15, 0.2) is 0 Å². The molecule has 156 valence electrons. The maximum absolute atomic E-state index is 13.8. The van der Waals surface area contributed by atoms with Gasteiger partial charge in [0.25, 0.3) is 0 Å². The van der Waals surface area contributed by atoms with Crippen molar-refractivity contribution in [1.29, 1.82) is 0 Å². The van der Waals surface area contributed by atoms with Gasteiger partial charge in [0, 0.05) is 26.2 Å². The summed E-state index contributed by atoms with van der Waals surface area (Å²) in [6.07, 6.45) is -6.13. The molecule has 1 aliphatic rings. The number of carbonyl (C=O) groups is 1. The van der Waals surface area contributed by atoms with E-state index in [0.717, 1.165) is 42.5 Å². The molecule has 1 saturated heterocycles. The smallest absolute Gasteiger partial charge is 0.410 e. The minimum absolute atomic E-state index is 0.244. The number of nitrogens with zero attached hydrogens (tertiary/aromatic N) is 1. The van der Waals surface area contributed by atoms with Crippen LogP contribution in [0, 0.1) is 5.82 Å². The summed E-state index contributed by atoms with van der Waals surface area (Å²) in [5.74, 6) is -1.65. The van der Waals surface area contributed by atoms with Crippen LogP contribution in [0.1, 0.15) is 5.56 Å². The summed E-state index contributed by atoms with van der Waals surface area (Å²) in [5.41, 5.74) is -1.59. The highest BCUT2D eigenvalue weighted by Gasteiger charge is 2.42. The molecule has 3 rings (SSSR count). The van der Waals surface area contributed by atoms with Gasteiger partial charge in [-0.2, -0.15) is 13.2 Å². The fourth-order valence-corrected chi connectivity index (χ4v) is 4.34. The number of sulfone groups is 1. The molecule has 0 radical (unpaired) electrons. The summed E-state index contributed by atoms with van der Waals surface area (Å²) in [6, 6.07) is 6.08. The van der Waals surface area contributed by atoms with Crippen molar-refractivity contribution >= 4 is 15.9 Å². The van der Waals surface area contributed by atoms with E-state index < -0.39 is 49.0 Å². The lowest BCUT2D eigenvalue weighted by molar-refractivity contribution is -0.140. The first-order valence-electron chi connectivity index (χ1n) is 8.49. The molecule has 0 spiro atoms. The first-order chi connectivity index (χ1) is 13.6. The molecule has 0 saturated carbocycles. The Bertz CT molecular complexity index is 1000. The fourth-order valence-electron chi connectivity index (χ4n) is 2.85. The number of rotatable bonds is 3. The van der Waals surface area contributed by atoms with Gasteiger partial charge in [-0.1, -0.05) is 6.07 Å². The lowest BCUT2D eigenvalue weighted by atomic mass is 10.2. The van der Waals surface area contributed by atoms with Gasteiger partial charge in [-0.15, -0.1) is 0 Å². The lowest BCUT2D eigenvalue weighted by Crippen LogP contribution is -2.47. The van der Waals surface area contributed by atoms with E-state index in [-0.39, 0.29) is 13.1 Å². The number of hydrogen-bond donors (Lipinski definition) is 1. The summed E-state index contributed by atoms with van der Waals surface area (Å²) in [4.78, 5) is 11.9. The molecule has 0 atom stereocenters. The highest BCUT2D eigenvalue weighted by molar-refractivity contribution is 7.91. The Hall–Kier alpha value is -2.66. The Morgan fingerprint density at radius 3 is 2.24 bits per heavy atom. The molecule has 1 amide bonds. The van der Waals surface area contributed by atoms with Crippen LogP contribution in [-0.4, -0.2) is 45.6 Å². The SMILES string of the molecule is O=C(Oc1cccc(S(=O)(=O)c2ccc(F)cc2)c1C(F)(F)F)N1CCNCC1. The van der Waals surface area contributed by atoms with Crippen LogP contribution in [0.2, 0.25) is 0 Å². The number of carbonyl (C=O) groups excluding carboxylic acids is 1. The van der Waals surface area contributed by atoms with Gasteiger partial charge in [0.05, 0.1) is 9.79 Å². The van der Waals surface area contributed by atoms with Crippen molar-refractivity contribution in [3.8, 4) is 5.75 Å². The number of hydrogen-bond acceptors (Lipinski definition) is 5. The van der Waals surface area contributed by atoms with Gasteiger partial charge in [-0.25, -0.2) is 17.6 Å². The summed E-state index contributed by atoms with van der Waals surface area (Å²) in [6.45, 7) is 1.40. The monoisotopic (exact) mass is 432 g/mol. The first kappa shape index (κ1) is 21.1. The number of alkyl halides is 3. The molecule has 0 unspecified atom stereocenters. The topological polar surface area (TPSA) is 75.7 Å². The fraction of sp³-hybridized carbons (Fsp3) is 0.278. The molecule has 2 aromatic carbocycles. The highest BCUT2D eigenvalue weighted by Crippen LogP contribution is 2.42. The zero-order valence-electron chi connectivity index (χ0n) is 14.9. The lowest BCUT2D eigenvalue weighted by Gasteiger charge is -2.27. The van der Waals surface area contributed by atoms with Gasteiger partial charge in [-0.3, -0.25) is 0 Å². The minimum Gasteiger partial charge on any atom is -0.410 e. The summed E-state index contributed by atoms with van der Waals surface area (Å²) in [7, 11) is -4.65. The van der Waals surface area contributed by atoms with E-state index in [0.29, 0.717) is 13.1 Å². The van der Waals surface area contributed by atoms with Gasteiger partial charge in [-0.05, 0) is 36.4 Å². The third-order valence-corrected chi connectivity index (χ3v) is 6.07. The van der Waals surface area contributed by atoms with E-state index in [9.17, 15) is 30.8 Å². The van der Waals surface area contributed by atoms with Crippen LogP contribution in [0.3, 0.4) is 0 Å². The van der Waals surface area contributed by atoms with E-state index >= 15 is 0 Å². The van der Waals surface area contributed by atoms with Crippen LogP contribution in [0.4, 0.5) is 22.4 Å². The van der Waals surface area contributed by atoms with Crippen LogP contribution in [0.5, 0.6) is 5.75 Å². The van der Waals surface area contributed by atoms with Crippen LogP contribution < -0.4 is 10.1 Å². The number of amides is 1. The van der Waals surface area contributed by atoms with Crippen molar-refractivity contribution in [2.75, 3.05) is 26.2 Å². The summed E-state index contributed by atoms with van der Waals surface area (Å²) in [5, 5.41) is 2.98. The van der Waals surface area contributed by atoms with Crippen molar-refractivity contribution < 1.29 is 35.5 Å². The Kier molecular flexibility index (Phi) is 5.80. The number of piperazine rings is 1. The third-order valence-electron chi connectivity index (χ3n) is 4.26. The molecule has 11 heteroatoms. The van der Waals surface area contributed by atoms with Crippen molar-refractivity contribution in [2.45, 2.75) is 16.0 Å². The maximum atomic E-state index is 13.8. The van der Waals surface area contributed by atoms with Crippen LogP contribution >= 0.6 is 0 Å². The molecule has 1 fully saturated rings. The molecule has 1 N–H and O–H groups in total. The van der Waals surface area contributed by atoms with Crippen molar-refractivity contribution in [3.63, 3.8) is 0 Å². The molecule has 0 bridgehead atoms. The molecule has 1 aliphatic heterocycles. The molecule has 0 aliphatic carbocycles. The standard InChI is InChI=1S/C18H16F4N2O4S/c19-12-4-6-13(7-5-12)29(26,27)15-3-1-2-14(16(15)18(20,21)22)28-17(25)24-10-8-23-9-11-24/h1-7,23H,8-11H2. The highest BCUT2D eigenvalue weighted by atomic mass is 32.2. The second-order valence-electron chi connectivity index (χ2n) is 6.19. The molecular weight excluding hydrogens is 416 g/mol. The molecule has 6 nitrogen and oxygen atoms in total. The quantitative estimate of drug-likeness (QED) is 0.596. The van der Waals surface area contributed by atoms with Crippen LogP contribution in [0.25, 0.3) is 0 Å². The van der Waals surface area contributed by atoms with E-state index in [1.165, 1.54) is 4.90 Å². The predicted octanol–water partition coefficient (Wildman–Crippen LogP) is 3.08. The van der Waals surface area contributed by atoms with Gasteiger partial charge in [0.2, 0.25) is 9.84 Å². The Balaban J connectivity index is 2.05. The Morgan fingerprint density at radius 2 is 1.66 bits per heavy atom. The van der Waals surface area contributed by atoms with Crippen LogP contribution in [0.15, 0.2) is 52.3 Å². The van der Waals surface area contributed by atoms with Crippen molar-refractivity contribution in [1.82, 2.24) is 10.2 Å². The largest absolute Gasteiger partial charge is 0.421 e. The molecule has 0 aromatic heterocycles. The average molecular weight is 432 g/mol. The minimum atomic E-state index is -5.12. The second kappa shape index (κ2) is 7.99. The molecular formula is C18H16F4N2O4S. The number of halogens is 4. The zero-order valence-corrected chi connectivity index (χ0v) is 15.7. The third kappa shape index (κ3) is 4.51. The van der Waals surface area contributed by atoms with Crippen LogP contribution in [-0.2, 0) is 16.0 Å². The summed E-state index contributed by atoms with van der Waals surface area (Å²) >= 11 is 0. The zero-order chi connectivity index (χ0) is 21.2. The second-order valence-corrected chi connectivity index (χ2v) is 8.11. The number of ether oxygens (including phenoxy) is 1. The van der Waals surface area contributed by atoms with Gasteiger partial charge >= 0.3 is 12.3 Å². The number of nitrogens with one attached hydrogen (secondary N) is 1. The van der Waals surface area contributed by atoms with Crippen molar-refractivity contribution in [2.24, 2.45) is 0 Å². The molecule has 29 heavy (non-hydrogen) atoms.